The summed E-state index contributed by atoms with van der Waals surface area (Å²) in [6.07, 6.45) is 1.10. The van der Waals surface area contributed by atoms with Gasteiger partial charge in [-0.3, -0.25) is 0 Å². The first-order valence-electron chi connectivity index (χ1n) is 5.74. The number of nitrogens with zero attached hydrogens (tertiary/aromatic N) is 1. The first kappa shape index (κ1) is 10.3. The van der Waals surface area contributed by atoms with E-state index in [0.717, 1.165) is 6.42 Å². The van der Waals surface area contributed by atoms with Gasteiger partial charge in [-0.05, 0) is 38.8 Å². The molecule has 1 heteroatoms. The number of fused-ring (bicyclic) bond motifs is 1. The molecule has 0 atom stereocenters. The van der Waals surface area contributed by atoms with E-state index in [0.29, 0.717) is 6.04 Å². The molecule has 1 heterocycles. The fourth-order valence-electron chi connectivity index (χ4n) is 2.44. The normalized spacial score (nSPS) is 11.5. The van der Waals surface area contributed by atoms with Crippen LogP contribution >= 0.6 is 0 Å². The van der Waals surface area contributed by atoms with E-state index in [1.54, 1.807) is 0 Å². The second kappa shape index (κ2) is 3.73. The summed E-state index contributed by atoms with van der Waals surface area (Å²) in [5, 5.41) is 1.38. The van der Waals surface area contributed by atoms with Crippen molar-refractivity contribution in [1.82, 2.24) is 4.57 Å². The summed E-state index contributed by atoms with van der Waals surface area (Å²) in [6.45, 7) is 8.92. The zero-order chi connectivity index (χ0) is 11.0. The molecule has 0 fully saturated rings. The summed E-state index contributed by atoms with van der Waals surface area (Å²) in [6, 6.07) is 9.43. The first-order valence-corrected chi connectivity index (χ1v) is 5.74. The first-order chi connectivity index (χ1) is 7.15. The summed E-state index contributed by atoms with van der Waals surface area (Å²) in [7, 11) is 0. The predicted octanol–water partition coefficient (Wildman–Crippen LogP) is 4.09. The summed E-state index contributed by atoms with van der Waals surface area (Å²) >= 11 is 0. The van der Waals surface area contributed by atoms with Gasteiger partial charge in [-0.15, -0.1) is 0 Å². The van der Waals surface area contributed by atoms with Crippen molar-refractivity contribution in [1.29, 1.82) is 0 Å². The van der Waals surface area contributed by atoms with Gasteiger partial charge in [0.2, 0.25) is 0 Å². The van der Waals surface area contributed by atoms with Gasteiger partial charge in [-0.2, -0.15) is 0 Å². The molecule has 1 aromatic heterocycles. The molecule has 0 aliphatic heterocycles. The largest absolute Gasteiger partial charge is 0.342 e. The second-order valence-electron chi connectivity index (χ2n) is 4.46. The molecule has 0 aliphatic rings. The molecule has 2 aromatic rings. The van der Waals surface area contributed by atoms with Crippen LogP contribution in [-0.4, -0.2) is 4.57 Å². The highest BCUT2D eigenvalue weighted by Crippen LogP contribution is 2.26. The summed E-state index contributed by atoms with van der Waals surface area (Å²) < 4.78 is 2.44. The molecule has 0 saturated heterocycles. The van der Waals surface area contributed by atoms with Crippen molar-refractivity contribution in [2.45, 2.75) is 40.2 Å². The lowest BCUT2D eigenvalue weighted by atomic mass is 10.1. The van der Waals surface area contributed by atoms with Crippen LogP contribution in [0.5, 0.6) is 0 Å². The summed E-state index contributed by atoms with van der Waals surface area (Å²) in [5.41, 5.74) is 4.24. The Morgan fingerprint density at radius 3 is 2.60 bits per heavy atom. The third-order valence-electron chi connectivity index (χ3n) is 3.03. The van der Waals surface area contributed by atoms with E-state index in [4.69, 9.17) is 0 Å². The van der Waals surface area contributed by atoms with Crippen LogP contribution in [0, 0.1) is 6.92 Å². The SMILES string of the molecule is CCc1cccc2cc(C)n(C(C)C)c12. The smallest absolute Gasteiger partial charge is 0.0517 e. The third kappa shape index (κ3) is 1.56. The maximum absolute atomic E-state index is 2.44. The Labute approximate surface area is 91.7 Å². The van der Waals surface area contributed by atoms with E-state index in [2.05, 4.69) is 56.5 Å². The standard InChI is InChI=1S/C14H19N/c1-5-12-7-6-8-13-9-11(4)15(10(2)3)14(12)13/h6-10H,5H2,1-4H3. The maximum Gasteiger partial charge on any atom is 0.0517 e. The van der Waals surface area contributed by atoms with Crippen LogP contribution < -0.4 is 0 Å². The zero-order valence-electron chi connectivity index (χ0n) is 10.0. The lowest BCUT2D eigenvalue weighted by Crippen LogP contribution is -2.03. The van der Waals surface area contributed by atoms with Gasteiger partial charge in [0.1, 0.15) is 0 Å². The molecule has 1 aromatic carbocycles. The average Bonchev–Trinajstić information content (AvgIpc) is 2.53. The van der Waals surface area contributed by atoms with E-state index in [9.17, 15) is 0 Å². The van der Waals surface area contributed by atoms with E-state index >= 15 is 0 Å². The van der Waals surface area contributed by atoms with Crippen LogP contribution in [0.15, 0.2) is 24.3 Å². The van der Waals surface area contributed by atoms with E-state index in [1.807, 2.05) is 0 Å². The minimum absolute atomic E-state index is 0.537. The number of hydrogen-bond donors (Lipinski definition) is 0. The molecule has 15 heavy (non-hydrogen) atoms. The third-order valence-corrected chi connectivity index (χ3v) is 3.03. The molecule has 80 valence electrons. The number of rotatable bonds is 2. The number of benzene rings is 1. The van der Waals surface area contributed by atoms with Gasteiger partial charge in [-0.1, -0.05) is 25.1 Å². The Hall–Kier alpha value is -1.24. The van der Waals surface area contributed by atoms with Gasteiger partial charge in [0.15, 0.2) is 0 Å². The maximum atomic E-state index is 2.44. The minimum Gasteiger partial charge on any atom is -0.342 e. The van der Waals surface area contributed by atoms with Crippen molar-refractivity contribution in [3.05, 3.63) is 35.5 Å². The number of aryl methyl sites for hydroxylation is 2. The molecule has 0 saturated carbocycles. The van der Waals surface area contributed by atoms with Gasteiger partial charge in [0, 0.05) is 17.1 Å². The van der Waals surface area contributed by atoms with Crippen molar-refractivity contribution < 1.29 is 0 Å². The average molecular weight is 201 g/mol. The van der Waals surface area contributed by atoms with Gasteiger partial charge >= 0.3 is 0 Å². The molecule has 0 unspecified atom stereocenters. The second-order valence-corrected chi connectivity index (χ2v) is 4.46. The fourth-order valence-corrected chi connectivity index (χ4v) is 2.44. The Kier molecular flexibility index (Phi) is 2.56. The monoisotopic (exact) mass is 201 g/mol. The lowest BCUT2D eigenvalue weighted by Gasteiger charge is -2.14. The quantitative estimate of drug-likeness (QED) is 0.689. The van der Waals surface area contributed by atoms with Crippen LogP contribution in [-0.2, 0) is 6.42 Å². The molecule has 1 nitrogen and oxygen atoms in total. The van der Waals surface area contributed by atoms with Crippen molar-refractivity contribution in [3.63, 3.8) is 0 Å². The van der Waals surface area contributed by atoms with E-state index in [-0.39, 0.29) is 0 Å². The van der Waals surface area contributed by atoms with Crippen molar-refractivity contribution in [2.24, 2.45) is 0 Å². The van der Waals surface area contributed by atoms with Crippen LogP contribution in [0.4, 0.5) is 0 Å². The molecule has 0 radical (unpaired) electrons. The molecule has 0 bridgehead atoms. The summed E-state index contributed by atoms with van der Waals surface area (Å²) in [4.78, 5) is 0. The van der Waals surface area contributed by atoms with Gasteiger partial charge in [0.05, 0.1) is 5.52 Å². The Bertz CT molecular complexity index is 477. The highest BCUT2D eigenvalue weighted by Gasteiger charge is 2.10. The van der Waals surface area contributed by atoms with Gasteiger partial charge < -0.3 is 4.57 Å². The molecule has 0 amide bonds. The lowest BCUT2D eigenvalue weighted by molar-refractivity contribution is 0.606. The number of hydrogen-bond acceptors (Lipinski definition) is 0. The minimum atomic E-state index is 0.537. The van der Waals surface area contributed by atoms with Crippen molar-refractivity contribution in [3.8, 4) is 0 Å². The number of para-hydroxylation sites is 1. The van der Waals surface area contributed by atoms with Crippen LogP contribution in [0.1, 0.15) is 38.1 Å². The molecule has 0 N–H and O–H groups in total. The van der Waals surface area contributed by atoms with Crippen LogP contribution in [0.2, 0.25) is 0 Å². The number of aromatic nitrogens is 1. The Morgan fingerprint density at radius 2 is 2.00 bits per heavy atom. The molecular weight excluding hydrogens is 182 g/mol. The fraction of sp³-hybridized carbons (Fsp3) is 0.429. The Morgan fingerprint density at radius 1 is 1.27 bits per heavy atom. The van der Waals surface area contributed by atoms with Crippen LogP contribution in [0.3, 0.4) is 0 Å². The van der Waals surface area contributed by atoms with Crippen LogP contribution in [0.25, 0.3) is 10.9 Å². The van der Waals surface area contributed by atoms with E-state index < -0.39 is 0 Å². The van der Waals surface area contributed by atoms with Gasteiger partial charge in [-0.25, -0.2) is 0 Å². The molecule has 0 aliphatic carbocycles. The van der Waals surface area contributed by atoms with Crippen molar-refractivity contribution >= 4 is 10.9 Å². The Balaban J connectivity index is 2.82. The molecule has 2 rings (SSSR count). The highest BCUT2D eigenvalue weighted by molar-refractivity contribution is 5.84. The molecular formula is C14H19N. The highest BCUT2D eigenvalue weighted by atomic mass is 15.0. The zero-order valence-corrected chi connectivity index (χ0v) is 10.0. The van der Waals surface area contributed by atoms with Crippen molar-refractivity contribution in [2.75, 3.05) is 0 Å². The summed E-state index contributed by atoms with van der Waals surface area (Å²) in [5.74, 6) is 0. The molecule has 0 spiro atoms. The topological polar surface area (TPSA) is 4.93 Å². The van der Waals surface area contributed by atoms with Gasteiger partial charge in [0.25, 0.3) is 0 Å². The van der Waals surface area contributed by atoms with E-state index in [1.165, 1.54) is 22.2 Å². The predicted molar refractivity (Wildman–Crippen MR) is 66.4 cm³/mol.